The first-order valence-corrected chi connectivity index (χ1v) is 6.76. The molecule has 1 aromatic rings. The lowest BCUT2D eigenvalue weighted by atomic mass is 10.2. The zero-order chi connectivity index (χ0) is 14.4. The summed E-state index contributed by atoms with van der Waals surface area (Å²) < 4.78 is 0. The van der Waals surface area contributed by atoms with E-state index in [9.17, 15) is 4.79 Å². The van der Waals surface area contributed by atoms with Crippen molar-refractivity contribution in [2.45, 2.75) is 13.8 Å². The number of nitrogens with zero attached hydrogens (tertiary/aromatic N) is 1. The average molecular weight is 298 g/mol. The van der Waals surface area contributed by atoms with Gasteiger partial charge in [0.05, 0.1) is 10.0 Å². The smallest absolute Gasteiger partial charge is 0.246 e. The third-order valence-corrected chi connectivity index (χ3v) is 3.37. The number of carbonyl (C=O) groups excluding carboxylic acids is 1. The second-order valence-corrected chi connectivity index (χ2v) is 5.07. The molecule has 0 radical (unpaired) electrons. The van der Waals surface area contributed by atoms with Crippen LogP contribution in [0.15, 0.2) is 36.4 Å². The van der Waals surface area contributed by atoms with Crippen LogP contribution in [0.4, 0.5) is 0 Å². The topological polar surface area (TPSA) is 20.3 Å². The molecule has 0 unspecified atom stereocenters. The molecular formula is C15H17Cl2NO. The van der Waals surface area contributed by atoms with E-state index < -0.39 is 0 Å². The summed E-state index contributed by atoms with van der Waals surface area (Å²) in [6.45, 7) is 8.84. The predicted octanol–water partition coefficient (Wildman–Crippen LogP) is 4.43. The highest BCUT2D eigenvalue weighted by Gasteiger charge is 2.08. The maximum absolute atomic E-state index is 12.0. The van der Waals surface area contributed by atoms with E-state index in [1.807, 2.05) is 19.9 Å². The number of carbonyl (C=O) groups is 1. The van der Waals surface area contributed by atoms with Gasteiger partial charge in [0.15, 0.2) is 0 Å². The van der Waals surface area contributed by atoms with Crippen molar-refractivity contribution in [3.63, 3.8) is 0 Å². The van der Waals surface area contributed by atoms with E-state index in [-0.39, 0.29) is 5.91 Å². The summed E-state index contributed by atoms with van der Waals surface area (Å²) in [5.74, 6) is -0.0680. The first-order chi connectivity index (χ1) is 8.95. The van der Waals surface area contributed by atoms with Crippen LogP contribution in [0.25, 0.3) is 6.08 Å². The first kappa shape index (κ1) is 15.8. The SMILES string of the molecule is C=C(C)CN(CC)C(=O)/C=C/c1cccc(Cl)c1Cl. The zero-order valence-corrected chi connectivity index (χ0v) is 12.6. The van der Waals surface area contributed by atoms with Crippen molar-refractivity contribution in [1.29, 1.82) is 0 Å². The lowest BCUT2D eigenvalue weighted by Crippen LogP contribution is -2.30. The van der Waals surface area contributed by atoms with Gasteiger partial charge in [0.1, 0.15) is 0 Å². The molecule has 1 amide bonds. The largest absolute Gasteiger partial charge is 0.335 e. The van der Waals surface area contributed by atoms with Crippen LogP contribution in [0.3, 0.4) is 0 Å². The number of hydrogen-bond donors (Lipinski definition) is 0. The van der Waals surface area contributed by atoms with E-state index in [0.29, 0.717) is 23.1 Å². The van der Waals surface area contributed by atoms with Crippen LogP contribution in [0.2, 0.25) is 10.0 Å². The van der Waals surface area contributed by atoms with Gasteiger partial charge in [-0.15, -0.1) is 0 Å². The third-order valence-electron chi connectivity index (χ3n) is 2.54. The lowest BCUT2D eigenvalue weighted by Gasteiger charge is -2.18. The highest BCUT2D eigenvalue weighted by Crippen LogP contribution is 2.26. The summed E-state index contributed by atoms with van der Waals surface area (Å²) in [7, 11) is 0. The van der Waals surface area contributed by atoms with Gasteiger partial charge in [-0.3, -0.25) is 4.79 Å². The summed E-state index contributed by atoms with van der Waals surface area (Å²) >= 11 is 12.0. The standard InChI is InChI=1S/C15H17Cl2NO/c1-4-18(10-11(2)3)14(19)9-8-12-6-5-7-13(16)15(12)17/h5-9H,2,4,10H2,1,3H3/b9-8+. The van der Waals surface area contributed by atoms with Gasteiger partial charge in [-0.2, -0.15) is 0 Å². The second kappa shape index (κ2) is 7.37. The van der Waals surface area contributed by atoms with Crippen LogP contribution < -0.4 is 0 Å². The molecule has 0 saturated heterocycles. The second-order valence-electron chi connectivity index (χ2n) is 4.29. The van der Waals surface area contributed by atoms with Crippen LogP contribution in [-0.4, -0.2) is 23.9 Å². The van der Waals surface area contributed by atoms with E-state index in [0.717, 1.165) is 11.1 Å². The summed E-state index contributed by atoms with van der Waals surface area (Å²) in [5, 5.41) is 0.932. The fourth-order valence-electron chi connectivity index (χ4n) is 1.59. The molecule has 0 aromatic heterocycles. The molecule has 0 heterocycles. The molecule has 0 fully saturated rings. The van der Waals surface area contributed by atoms with E-state index in [4.69, 9.17) is 23.2 Å². The first-order valence-electron chi connectivity index (χ1n) is 6.01. The third kappa shape index (κ3) is 4.73. The van der Waals surface area contributed by atoms with Crippen molar-refractivity contribution in [3.05, 3.63) is 52.0 Å². The summed E-state index contributed by atoms with van der Waals surface area (Å²) in [6.07, 6.45) is 3.18. The van der Waals surface area contributed by atoms with Crippen molar-refractivity contribution in [1.82, 2.24) is 4.90 Å². The summed E-state index contributed by atoms with van der Waals surface area (Å²) in [4.78, 5) is 13.7. The predicted molar refractivity (Wildman–Crippen MR) is 82.6 cm³/mol. The van der Waals surface area contributed by atoms with Crippen LogP contribution in [0, 0.1) is 0 Å². The fourth-order valence-corrected chi connectivity index (χ4v) is 1.96. The Labute approximate surface area is 124 Å². The van der Waals surface area contributed by atoms with Crippen LogP contribution in [0.5, 0.6) is 0 Å². The minimum Gasteiger partial charge on any atom is -0.335 e. The molecular weight excluding hydrogens is 281 g/mol. The van der Waals surface area contributed by atoms with Crippen LogP contribution >= 0.6 is 23.2 Å². The van der Waals surface area contributed by atoms with Gasteiger partial charge >= 0.3 is 0 Å². The van der Waals surface area contributed by atoms with Gasteiger partial charge in [0, 0.05) is 19.2 Å². The molecule has 0 aliphatic carbocycles. The Bertz CT molecular complexity index is 509. The molecule has 0 aliphatic rings. The maximum atomic E-state index is 12.0. The molecule has 0 spiro atoms. The highest BCUT2D eigenvalue weighted by atomic mass is 35.5. The average Bonchev–Trinajstić information content (AvgIpc) is 2.37. The molecule has 102 valence electrons. The Hall–Kier alpha value is -1.25. The quantitative estimate of drug-likeness (QED) is 0.581. The molecule has 0 aliphatic heterocycles. The Morgan fingerprint density at radius 1 is 1.42 bits per heavy atom. The fraction of sp³-hybridized carbons (Fsp3) is 0.267. The highest BCUT2D eigenvalue weighted by molar-refractivity contribution is 6.42. The van der Waals surface area contributed by atoms with E-state index >= 15 is 0 Å². The molecule has 19 heavy (non-hydrogen) atoms. The monoisotopic (exact) mass is 297 g/mol. The van der Waals surface area contributed by atoms with Crippen LogP contribution in [-0.2, 0) is 4.79 Å². The number of amides is 1. The minimum atomic E-state index is -0.0680. The molecule has 1 aromatic carbocycles. The van der Waals surface area contributed by atoms with Crippen molar-refractivity contribution in [2.24, 2.45) is 0 Å². The van der Waals surface area contributed by atoms with Crippen molar-refractivity contribution in [2.75, 3.05) is 13.1 Å². The van der Waals surface area contributed by atoms with Crippen LogP contribution in [0.1, 0.15) is 19.4 Å². The van der Waals surface area contributed by atoms with Crippen molar-refractivity contribution >= 4 is 35.2 Å². The number of rotatable bonds is 5. The van der Waals surface area contributed by atoms with Crippen molar-refractivity contribution < 1.29 is 4.79 Å². The van der Waals surface area contributed by atoms with Gasteiger partial charge < -0.3 is 4.90 Å². The summed E-state index contributed by atoms with van der Waals surface area (Å²) in [6, 6.07) is 5.32. The van der Waals surface area contributed by atoms with Gasteiger partial charge in [0.25, 0.3) is 0 Å². The number of hydrogen-bond acceptors (Lipinski definition) is 1. The number of halogens is 2. The van der Waals surface area contributed by atoms with E-state index in [2.05, 4.69) is 6.58 Å². The van der Waals surface area contributed by atoms with Gasteiger partial charge in [-0.25, -0.2) is 0 Å². The Morgan fingerprint density at radius 3 is 2.68 bits per heavy atom. The molecule has 0 bridgehead atoms. The number of benzene rings is 1. The lowest BCUT2D eigenvalue weighted by molar-refractivity contribution is -0.125. The molecule has 1 rings (SSSR count). The molecule has 0 atom stereocenters. The maximum Gasteiger partial charge on any atom is 0.246 e. The molecule has 4 heteroatoms. The Morgan fingerprint density at radius 2 is 2.11 bits per heavy atom. The molecule has 2 nitrogen and oxygen atoms in total. The Kier molecular flexibility index (Phi) is 6.13. The van der Waals surface area contributed by atoms with Gasteiger partial charge in [-0.05, 0) is 31.6 Å². The van der Waals surface area contributed by atoms with E-state index in [1.54, 1.807) is 23.1 Å². The van der Waals surface area contributed by atoms with Crippen molar-refractivity contribution in [3.8, 4) is 0 Å². The minimum absolute atomic E-state index is 0.0680. The Balaban J connectivity index is 2.82. The van der Waals surface area contributed by atoms with Gasteiger partial charge in [-0.1, -0.05) is 47.5 Å². The number of likely N-dealkylation sites (N-methyl/N-ethyl adjacent to an activating group) is 1. The van der Waals surface area contributed by atoms with Gasteiger partial charge in [0.2, 0.25) is 5.91 Å². The van der Waals surface area contributed by atoms with E-state index in [1.165, 1.54) is 6.08 Å². The summed E-state index contributed by atoms with van der Waals surface area (Å²) in [5.41, 5.74) is 1.68. The normalized spacial score (nSPS) is 10.7. The zero-order valence-electron chi connectivity index (χ0n) is 11.1. The molecule has 0 N–H and O–H groups in total. The molecule has 0 saturated carbocycles.